The number of aromatic nitrogens is 1. The minimum Gasteiger partial charge on any atom is -0.436 e. The number of carbonyl (C=O) groups is 1. The maximum atomic E-state index is 12.6. The van der Waals surface area contributed by atoms with Crippen LogP contribution in [0.25, 0.3) is 22.6 Å². The fourth-order valence-corrected chi connectivity index (χ4v) is 3.16. The fraction of sp³-hybridized carbons (Fsp3) is 0.130. The Hall–Kier alpha value is -3.11. The van der Waals surface area contributed by atoms with Crippen molar-refractivity contribution in [3.05, 3.63) is 82.4 Å². The molecule has 0 spiro atoms. The molecule has 0 saturated heterocycles. The van der Waals surface area contributed by atoms with E-state index in [0.29, 0.717) is 22.2 Å². The van der Waals surface area contributed by atoms with Crippen LogP contribution in [0.3, 0.4) is 0 Å². The fourth-order valence-electron chi connectivity index (χ4n) is 3.00. The lowest BCUT2D eigenvalue weighted by Crippen LogP contribution is -2.12. The molecule has 0 fully saturated rings. The molecule has 4 rings (SSSR count). The summed E-state index contributed by atoms with van der Waals surface area (Å²) in [6, 6.07) is 18.7. The van der Waals surface area contributed by atoms with Crippen LogP contribution in [0.2, 0.25) is 5.02 Å². The number of benzene rings is 3. The average Bonchev–Trinajstić information content (AvgIpc) is 3.12. The third kappa shape index (κ3) is 3.64. The van der Waals surface area contributed by atoms with E-state index >= 15 is 0 Å². The van der Waals surface area contributed by atoms with Crippen LogP contribution < -0.4 is 5.32 Å². The molecule has 1 amide bonds. The zero-order valence-electron chi connectivity index (χ0n) is 15.6. The number of hydrogen-bond donors (Lipinski definition) is 1. The molecule has 5 heteroatoms. The van der Waals surface area contributed by atoms with Crippen molar-refractivity contribution in [2.75, 3.05) is 5.32 Å². The van der Waals surface area contributed by atoms with E-state index in [1.807, 2.05) is 55.5 Å². The summed E-state index contributed by atoms with van der Waals surface area (Å²) in [4.78, 5) is 17.1. The Labute approximate surface area is 168 Å². The van der Waals surface area contributed by atoms with Gasteiger partial charge in [0, 0.05) is 11.1 Å². The molecule has 28 heavy (non-hydrogen) atoms. The molecule has 3 aromatic carbocycles. The van der Waals surface area contributed by atoms with Crippen molar-refractivity contribution in [3.63, 3.8) is 0 Å². The smallest absolute Gasteiger partial charge is 0.255 e. The van der Waals surface area contributed by atoms with E-state index in [0.717, 1.165) is 28.6 Å². The van der Waals surface area contributed by atoms with E-state index in [2.05, 4.69) is 17.2 Å². The van der Waals surface area contributed by atoms with Crippen LogP contribution in [0, 0.1) is 6.92 Å². The van der Waals surface area contributed by atoms with Gasteiger partial charge in [-0.1, -0.05) is 36.7 Å². The number of aryl methyl sites for hydroxylation is 2. The molecule has 1 N–H and O–H groups in total. The lowest BCUT2D eigenvalue weighted by Gasteiger charge is -2.09. The van der Waals surface area contributed by atoms with E-state index in [9.17, 15) is 4.79 Å². The number of oxazole rings is 1. The number of nitrogens with zero attached hydrogens (tertiary/aromatic N) is 1. The van der Waals surface area contributed by atoms with Crippen LogP contribution in [0.4, 0.5) is 5.69 Å². The summed E-state index contributed by atoms with van der Waals surface area (Å²) in [5, 5.41) is 3.33. The van der Waals surface area contributed by atoms with Gasteiger partial charge in [-0.25, -0.2) is 4.98 Å². The van der Waals surface area contributed by atoms with Crippen LogP contribution in [0.5, 0.6) is 0 Å². The Morgan fingerprint density at radius 3 is 2.61 bits per heavy atom. The van der Waals surface area contributed by atoms with Gasteiger partial charge >= 0.3 is 0 Å². The number of fused-ring (bicyclic) bond motifs is 1. The summed E-state index contributed by atoms with van der Waals surface area (Å²) in [5.74, 6) is 0.273. The zero-order valence-corrected chi connectivity index (χ0v) is 16.4. The SMILES string of the molecule is CCc1ccc(C(=O)Nc2cc(-c3nc4ccc(C)cc4o3)ccc2Cl)cc1. The highest BCUT2D eigenvalue weighted by atomic mass is 35.5. The van der Waals surface area contributed by atoms with Gasteiger partial charge in [-0.05, 0) is 66.9 Å². The number of nitrogens with one attached hydrogen (secondary N) is 1. The van der Waals surface area contributed by atoms with Gasteiger partial charge in [0.15, 0.2) is 5.58 Å². The van der Waals surface area contributed by atoms with Crippen molar-refractivity contribution in [1.82, 2.24) is 4.98 Å². The number of halogens is 1. The molecular formula is C23H19ClN2O2. The van der Waals surface area contributed by atoms with Gasteiger partial charge in [0.05, 0.1) is 10.7 Å². The van der Waals surface area contributed by atoms with E-state index in [-0.39, 0.29) is 5.91 Å². The molecule has 1 aromatic heterocycles. The molecule has 140 valence electrons. The molecule has 0 saturated carbocycles. The summed E-state index contributed by atoms with van der Waals surface area (Å²) in [5.41, 5.74) is 5.65. The van der Waals surface area contributed by atoms with Gasteiger partial charge in [-0.2, -0.15) is 0 Å². The molecule has 0 aliphatic heterocycles. The highest BCUT2D eigenvalue weighted by molar-refractivity contribution is 6.34. The Balaban J connectivity index is 1.63. The van der Waals surface area contributed by atoms with Gasteiger partial charge in [-0.15, -0.1) is 0 Å². The monoisotopic (exact) mass is 390 g/mol. The number of carbonyl (C=O) groups excluding carboxylic acids is 1. The lowest BCUT2D eigenvalue weighted by molar-refractivity contribution is 0.102. The van der Waals surface area contributed by atoms with Crippen LogP contribution in [-0.2, 0) is 6.42 Å². The Morgan fingerprint density at radius 1 is 1.07 bits per heavy atom. The maximum Gasteiger partial charge on any atom is 0.255 e. The van der Waals surface area contributed by atoms with Crippen molar-refractivity contribution in [1.29, 1.82) is 0 Å². The standard InChI is InChI=1S/C23H19ClN2O2/c1-3-15-5-7-16(8-6-15)22(27)25-20-13-17(9-10-18(20)24)23-26-19-11-4-14(2)12-21(19)28-23/h4-13H,3H2,1-2H3,(H,25,27). The topological polar surface area (TPSA) is 55.1 Å². The van der Waals surface area contributed by atoms with E-state index in [1.54, 1.807) is 12.1 Å². The van der Waals surface area contributed by atoms with Crippen LogP contribution in [0.15, 0.2) is 65.1 Å². The highest BCUT2D eigenvalue weighted by Gasteiger charge is 2.13. The van der Waals surface area contributed by atoms with Gasteiger partial charge in [0.25, 0.3) is 5.91 Å². The Kier molecular flexibility index (Phi) is 4.88. The second-order valence-corrected chi connectivity index (χ2v) is 7.10. The Bertz CT molecular complexity index is 1160. The predicted molar refractivity (Wildman–Crippen MR) is 113 cm³/mol. The number of anilines is 1. The highest BCUT2D eigenvalue weighted by Crippen LogP contribution is 2.31. The van der Waals surface area contributed by atoms with Crippen molar-refractivity contribution < 1.29 is 9.21 Å². The molecule has 4 aromatic rings. The van der Waals surface area contributed by atoms with Gasteiger partial charge in [-0.3, -0.25) is 4.79 Å². The van der Waals surface area contributed by atoms with E-state index in [1.165, 1.54) is 5.56 Å². The first kappa shape index (κ1) is 18.3. The first-order chi connectivity index (χ1) is 13.5. The van der Waals surface area contributed by atoms with Crippen molar-refractivity contribution in [2.24, 2.45) is 0 Å². The number of amides is 1. The maximum absolute atomic E-state index is 12.6. The second kappa shape index (κ2) is 7.49. The van der Waals surface area contributed by atoms with Crippen molar-refractivity contribution in [3.8, 4) is 11.5 Å². The van der Waals surface area contributed by atoms with Crippen molar-refractivity contribution >= 4 is 34.3 Å². The third-order valence-electron chi connectivity index (χ3n) is 4.63. The Morgan fingerprint density at radius 2 is 1.86 bits per heavy atom. The summed E-state index contributed by atoms with van der Waals surface area (Å²) in [7, 11) is 0. The summed E-state index contributed by atoms with van der Waals surface area (Å²) >= 11 is 6.30. The first-order valence-electron chi connectivity index (χ1n) is 9.11. The summed E-state index contributed by atoms with van der Waals surface area (Å²) < 4.78 is 5.88. The lowest BCUT2D eigenvalue weighted by atomic mass is 10.1. The van der Waals surface area contributed by atoms with Crippen LogP contribution in [0.1, 0.15) is 28.4 Å². The number of hydrogen-bond acceptors (Lipinski definition) is 3. The van der Waals surface area contributed by atoms with Gasteiger partial charge in [0.1, 0.15) is 5.52 Å². The minimum absolute atomic E-state index is 0.213. The van der Waals surface area contributed by atoms with E-state index < -0.39 is 0 Å². The van der Waals surface area contributed by atoms with Gasteiger partial charge in [0.2, 0.25) is 5.89 Å². The molecule has 0 atom stereocenters. The van der Waals surface area contributed by atoms with Crippen LogP contribution >= 0.6 is 11.6 Å². The molecule has 1 heterocycles. The predicted octanol–water partition coefficient (Wildman–Crippen LogP) is 6.27. The zero-order chi connectivity index (χ0) is 19.7. The molecule has 0 aliphatic carbocycles. The summed E-state index contributed by atoms with van der Waals surface area (Å²) in [6.45, 7) is 4.08. The molecule has 4 nitrogen and oxygen atoms in total. The third-order valence-corrected chi connectivity index (χ3v) is 4.96. The quantitative estimate of drug-likeness (QED) is 0.446. The summed E-state index contributed by atoms with van der Waals surface area (Å²) in [6.07, 6.45) is 0.930. The second-order valence-electron chi connectivity index (χ2n) is 6.69. The molecule has 0 bridgehead atoms. The molecule has 0 radical (unpaired) electrons. The molecular weight excluding hydrogens is 372 g/mol. The normalized spacial score (nSPS) is 11.0. The largest absolute Gasteiger partial charge is 0.436 e. The molecule has 0 unspecified atom stereocenters. The van der Waals surface area contributed by atoms with Gasteiger partial charge < -0.3 is 9.73 Å². The first-order valence-corrected chi connectivity index (χ1v) is 9.48. The molecule has 0 aliphatic rings. The van der Waals surface area contributed by atoms with Crippen LogP contribution in [-0.4, -0.2) is 10.9 Å². The van der Waals surface area contributed by atoms with E-state index in [4.69, 9.17) is 16.0 Å². The average molecular weight is 391 g/mol. The number of rotatable bonds is 4. The minimum atomic E-state index is -0.213. The van der Waals surface area contributed by atoms with Crippen molar-refractivity contribution in [2.45, 2.75) is 20.3 Å².